The Morgan fingerprint density at radius 3 is 2.90 bits per heavy atom. The Balaban J connectivity index is 1.95. The highest BCUT2D eigenvalue weighted by atomic mass is 16.6. The van der Waals surface area contributed by atoms with Gasteiger partial charge in [0.25, 0.3) is 11.9 Å². The Morgan fingerprint density at radius 2 is 2.25 bits per heavy atom. The molecule has 104 valence electrons. The minimum atomic E-state index is -0.586. The molecule has 0 saturated carbocycles. The number of hydrogen-bond donors (Lipinski definition) is 1. The van der Waals surface area contributed by atoms with E-state index in [2.05, 4.69) is 20.7 Å². The summed E-state index contributed by atoms with van der Waals surface area (Å²) in [7, 11) is 1.55. The quantitative estimate of drug-likeness (QED) is 0.608. The summed E-state index contributed by atoms with van der Waals surface area (Å²) < 4.78 is 5.10. The van der Waals surface area contributed by atoms with Crippen LogP contribution in [0, 0.1) is 10.1 Å². The van der Waals surface area contributed by atoms with Crippen molar-refractivity contribution in [2.75, 3.05) is 11.9 Å². The van der Waals surface area contributed by atoms with Crippen LogP contribution in [0.15, 0.2) is 24.3 Å². The fraction of sp³-hybridized carbons (Fsp3) is 0.200. The van der Waals surface area contributed by atoms with Gasteiger partial charge in [-0.3, -0.25) is 20.2 Å². The van der Waals surface area contributed by atoms with E-state index in [0.29, 0.717) is 0 Å². The summed E-state index contributed by atoms with van der Waals surface area (Å²) in [6.45, 7) is -0.400. The molecule has 1 N–H and O–H groups in total. The summed E-state index contributed by atoms with van der Waals surface area (Å²) in [5.74, 6) is -0.500. The number of rotatable bonds is 5. The molecule has 0 bridgehead atoms. The number of ether oxygens (including phenoxy) is 1. The van der Waals surface area contributed by atoms with E-state index in [9.17, 15) is 14.9 Å². The molecule has 1 heterocycles. The number of nitrogens with zero attached hydrogens (tertiary/aromatic N) is 5. The minimum absolute atomic E-state index is 0.0137. The third-order valence-corrected chi connectivity index (χ3v) is 2.18. The average Bonchev–Trinajstić information content (AvgIpc) is 2.82. The van der Waals surface area contributed by atoms with E-state index in [1.54, 1.807) is 13.1 Å². The molecule has 1 aromatic heterocycles. The lowest BCUT2D eigenvalue weighted by Crippen LogP contribution is -2.21. The zero-order chi connectivity index (χ0) is 14.5. The number of nitro benzene ring substituents is 1. The topological polar surface area (TPSA) is 125 Å². The first-order valence-electron chi connectivity index (χ1n) is 5.46. The molecular formula is C10H10N6O4. The molecule has 20 heavy (non-hydrogen) atoms. The number of carbonyl (C=O) groups is 1. The van der Waals surface area contributed by atoms with E-state index in [1.165, 1.54) is 23.0 Å². The Morgan fingerprint density at radius 1 is 1.50 bits per heavy atom. The molecule has 1 amide bonds. The van der Waals surface area contributed by atoms with Crippen molar-refractivity contribution in [2.45, 2.75) is 0 Å². The molecule has 0 radical (unpaired) electrons. The van der Waals surface area contributed by atoms with Crippen LogP contribution in [0.1, 0.15) is 0 Å². The molecule has 0 aliphatic carbocycles. The van der Waals surface area contributed by atoms with Gasteiger partial charge in [0.15, 0.2) is 12.4 Å². The summed E-state index contributed by atoms with van der Waals surface area (Å²) in [5, 5.41) is 23.9. The number of nitrogens with one attached hydrogen (secondary N) is 1. The number of nitro groups is 1. The molecule has 0 atom stereocenters. The van der Waals surface area contributed by atoms with Crippen LogP contribution in [0.2, 0.25) is 0 Å². The fourth-order valence-electron chi connectivity index (χ4n) is 1.37. The molecule has 10 nitrogen and oxygen atoms in total. The predicted octanol–water partition coefficient (Wildman–Crippen LogP) is 0.136. The summed E-state index contributed by atoms with van der Waals surface area (Å²) >= 11 is 0. The smallest absolute Gasteiger partial charge is 0.310 e. The third kappa shape index (κ3) is 3.25. The van der Waals surface area contributed by atoms with Gasteiger partial charge in [-0.2, -0.15) is 4.80 Å². The number of tetrazole rings is 1. The molecule has 0 aliphatic rings. The molecule has 10 heteroatoms. The van der Waals surface area contributed by atoms with Gasteiger partial charge in [0.1, 0.15) is 0 Å². The van der Waals surface area contributed by atoms with Crippen LogP contribution in [-0.4, -0.2) is 37.6 Å². The van der Waals surface area contributed by atoms with Crippen LogP contribution >= 0.6 is 0 Å². The molecule has 0 aliphatic heterocycles. The van der Waals surface area contributed by atoms with Crippen LogP contribution in [0.4, 0.5) is 11.6 Å². The van der Waals surface area contributed by atoms with Gasteiger partial charge in [-0.05, 0) is 11.3 Å². The van der Waals surface area contributed by atoms with Gasteiger partial charge in [0, 0.05) is 6.07 Å². The lowest BCUT2D eigenvalue weighted by molar-refractivity contribution is -0.385. The number of aromatic nitrogens is 4. The molecule has 0 fully saturated rings. The second-order valence-electron chi connectivity index (χ2n) is 3.66. The maximum Gasteiger partial charge on any atom is 0.310 e. The van der Waals surface area contributed by atoms with E-state index in [4.69, 9.17) is 4.74 Å². The number of anilines is 1. The van der Waals surface area contributed by atoms with E-state index in [1.807, 2.05) is 0 Å². The SMILES string of the molecule is Cn1nnc(NC(=O)COc2ccccc2[N+](=O)[O-])n1. The number of para-hydroxylation sites is 2. The van der Waals surface area contributed by atoms with E-state index in [0.717, 1.165) is 0 Å². The summed E-state index contributed by atoms with van der Waals surface area (Å²) in [6, 6.07) is 5.78. The second-order valence-corrected chi connectivity index (χ2v) is 3.66. The van der Waals surface area contributed by atoms with Gasteiger partial charge >= 0.3 is 5.69 Å². The van der Waals surface area contributed by atoms with Crippen molar-refractivity contribution in [3.05, 3.63) is 34.4 Å². The predicted molar refractivity (Wildman–Crippen MR) is 66.0 cm³/mol. The zero-order valence-corrected chi connectivity index (χ0v) is 10.4. The van der Waals surface area contributed by atoms with Crippen molar-refractivity contribution in [3.63, 3.8) is 0 Å². The molecular weight excluding hydrogens is 268 g/mol. The minimum Gasteiger partial charge on any atom is -0.477 e. The first kappa shape index (κ1) is 13.4. The van der Waals surface area contributed by atoms with Gasteiger partial charge in [-0.1, -0.05) is 17.2 Å². The van der Waals surface area contributed by atoms with Gasteiger partial charge in [-0.25, -0.2) is 0 Å². The number of aryl methyl sites for hydroxylation is 1. The maximum absolute atomic E-state index is 11.6. The Kier molecular flexibility index (Phi) is 3.84. The first-order valence-corrected chi connectivity index (χ1v) is 5.46. The van der Waals surface area contributed by atoms with Crippen molar-refractivity contribution in [1.29, 1.82) is 0 Å². The number of amides is 1. The van der Waals surface area contributed by atoms with E-state index in [-0.39, 0.29) is 17.4 Å². The summed E-state index contributed by atoms with van der Waals surface area (Å²) in [4.78, 5) is 22.9. The summed E-state index contributed by atoms with van der Waals surface area (Å²) in [6.07, 6.45) is 0. The van der Waals surface area contributed by atoms with Crippen LogP contribution in [0.25, 0.3) is 0 Å². The summed E-state index contributed by atoms with van der Waals surface area (Å²) in [5.41, 5.74) is -0.210. The highest BCUT2D eigenvalue weighted by molar-refractivity contribution is 5.90. The number of carbonyl (C=O) groups excluding carboxylic acids is 1. The van der Waals surface area contributed by atoms with Crippen molar-refractivity contribution in [2.24, 2.45) is 7.05 Å². The Hall–Kier alpha value is -3.04. The van der Waals surface area contributed by atoms with Gasteiger partial charge in [-0.15, -0.1) is 5.10 Å². The zero-order valence-electron chi connectivity index (χ0n) is 10.4. The van der Waals surface area contributed by atoms with Crippen LogP contribution < -0.4 is 10.1 Å². The Labute approximate surface area is 112 Å². The van der Waals surface area contributed by atoms with Gasteiger partial charge in [0.2, 0.25) is 0 Å². The molecule has 2 rings (SSSR count). The van der Waals surface area contributed by atoms with Crippen molar-refractivity contribution in [3.8, 4) is 5.75 Å². The second kappa shape index (κ2) is 5.73. The lowest BCUT2D eigenvalue weighted by atomic mass is 10.3. The normalized spacial score (nSPS) is 10.1. The largest absolute Gasteiger partial charge is 0.477 e. The van der Waals surface area contributed by atoms with Crippen LogP contribution in [0.3, 0.4) is 0 Å². The van der Waals surface area contributed by atoms with Gasteiger partial charge in [0.05, 0.1) is 12.0 Å². The van der Waals surface area contributed by atoms with Gasteiger partial charge < -0.3 is 4.74 Å². The lowest BCUT2D eigenvalue weighted by Gasteiger charge is -2.05. The van der Waals surface area contributed by atoms with E-state index >= 15 is 0 Å². The standard InChI is InChI=1S/C10H10N6O4/c1-15-13-10(12-14-15)11-9(17)6-20-8-5-3-2-4-7(8)16(18)19/h2-5H,6H2,1H3,(H,11,13,17). The first-order chi connectivity index (χ1) is 9.56. The molecule has 2 aromatic rings. The third-order valence-electron chi connectivity index (χ3n) is 2.18. The maximum atomic E-state index is 11.6. The van der Waals surface area contributed by atoms with E-state index < -0.39 is 17.4 Å². The monoisotopic (exact) mass is 278 g/mol. The number of hydrogen-bond acceptors (Lipinski definition) is 7. The van der Waals surface area contributed by atoms with Crippen LogP contribution in [-0.2, 0) is 11.8 Å². The molecule has 0 saturated heterocycles. The fourth-order valence-corrected chi connectivity index (χ4v) is 1.37. The van der Waals surface area contributed by atoms with Crippen molar-refractivity contribution in [1.82, 2.24) is 20.2 Å². The number of benzene rings is 1. The van der Waals surface area contributed by atoms with Crippen LogP contribution in [0.5, 0.6) is 5.75 Å². The average molecular weight is 278 g/mol. The molecule has 0 unspecified atom stereocenters. The molecule has 0 spiro atoms. The Bertz CT molecular complexity index is 640. The molecule has 1 aromatic carbocycles. The highest BCUT2D eigenvalue weighted by Gasteiger charge is 2.15. The van der Waals surface area contributed by atoms with Crippen molar-refractivity contribution < 1.29 is 14.5 Å². The van der Waals surface area contributed by atoms with Crippen molar-refractivity contribution >= 4 is 17.5 Å². The highest BCUT2D eigenvalue weighted by Crippen LogP contribution is 2.25.